The number of benzene rings is 3. The molecule has 36 heavy (non-hydrogen) atoms. The van der Waals surface area contributed by atoms with Crippen molar-refractivity contribution < 1.29 is 4.39 Å². The van der Waals surface area contributed by atoms with E-state index in [4.69, 9.17) is 15.1 Å². The van der Waals surface area contributed by atoms with Crippen LogP contribution in [0.3, 0.4) is 0 Å². The molecule has 3 heterocycles. The predicted molar refractivity (Wildman–Crippen MR) is 142 cm³/mol. The third-order valence-corrected chi connectivity index (χ3v) is 6.40. The summed E-state index contributed by atoms with van der Waals surface area (Å²) in [4.78, 5) is 14.5. The second-order valence-electron chi connectivity index (χ2n) is 8.88. The lowest BCUT2D eigenvalue weighted by Gasteiger charge is -2.37. The lowest BCUT2D eigenvalue weighted by atomic mass is 10.2. The third-order valence-electron chi connectivity index (χ3n) is 6.40. The fraction of sp³-hybridized carbons (Fsp3) is 0.179. The fourth-order valence-electron chi connectivity index (χ4n) is 4.60. The molecule has 1 saturated heterocycles. The minimum absolute atomic E-state index is 0.218. The number of anilines is 4. The first-order valence-electron chi connectivity index (χ1n) is 12.1. The quantitative estimate of drug-likeness (QED) is 0.368. The van der Waals surface area contributed by atoms with Gasteiger partial charge in [0, 0.05) is 37.9 Å². The molecule has 1 N–H and O–H groups in total. The Kier molecular flexibility index (Phi) is 5.69. The van der Waals surface area contributed by atoms with Crippen LogP contribution in [0.15, 0.2) is 84.9 Å². The Morgan fingerprint density at radius 2 is 1.36 bits per heavy atom. The minimum Gasteiger partial charge on any atom is -0.368 e. The molecule has 2 aromatic heterocycles. The van der Waals surface area contributed by atoms with E-state index in [1.807, 2.05) is 84.4 Å². The molecule has 0 bridgehead atoms. The number of aryl methyl sites for hydroxylation is 1. The zero-order valence-corrected chi connectivity index (χ0v) is 20.0. The van der Waals surface area contributed by atoms with Crippen LogP contribution in [-0.2, 0) is 0 Å². The van der Waals surface area contributed by atoms with Crippen molar-refractivity contribution in [1.82, 2.24) is 19.7 Å². The number of rotatable bonds is 5. The van der Waals surface area contributed by atoms with Crippen LogP contribution in [0.2, 0.25) is 0 Å². The molecule has 5 aromatic rings. The smallest absolute Gasteiger partial charge is 0.175 e. The van der Waals surface area contributed by atoms with Crippen LogP contribution < -0.4 is 15.1 Å². The molecular weight excluding hydrogens is 453 g/mol. The van der Waals surface area contributed by atoms with Crippen molar-refractivity contribution >= 4 is 34.2 Å². The molecule has 3 aromatic carbocycles. The Hall–Kier alpha value is -4.46. The SMILES string of the molecule is Cc1cc(Nc2nc3ccccc3nc2N2CCN(c3ccc(F)cc3)CC2)n(-c2ccccc2)n1. The van der Waals surface area contributed by atoms with Crippen LogP contribution in [0.5, 0.6) is 0 Å². The molecule has 0 aliphatic carbocycles. The van der Waals surface area contributed by atoms with Gasteiger partial charge in [0.2, 0.25) is 0 Å². The highest BCUT2D eigenvalue weighted by molar-refractivity contribution is 5.82. The average molecular weight is 480 g/mol. The first-order chi connectivity index (χ1) is 17.6. The van der Waals surface area contributed by atoms with E-state index in [1.54, 1.807) is 0 Å². The van der Waals surface area contributed by atoms with Gasteiger partial charge in [0.1, 0.15) is 11.6 Å². The molecule has 0 saturated carbocycles. The van der Waals surface area contributed by atoms with Crippen LogP contribution in [0.1, 0.15) is 5.69 Å². The van der Waals surface area contributed by atoms with E-state index in [9.17, 15) is 4.39 Å². The van der Waals surface area contributed by atoms with Gasteiger partial charge in [0.25, 0.3) is 0 Å². The van der Waals surface area contributed by atoms with Gasteiger partial charge < -0.3 is 15.1 Å². The van der Waals surface area contributed by atoms with Crippen molar-refractivity contribution in [3.8, 4) is 5.69 Å². The molecule has 1 aliphatic heterocycles. The van der Waals surface area contributed by atoms with Gasteiger partial charge in [-0.3, -0.25) is 0 Å². The molecule has 1 fully saturated rings. The number of hydrogen-bond acceptors (Lipinski definition) is 6. The largest absolute Gasteiger partial charge is 0.368 e. The molecule has 0 atom stereocenters. The standard InChI is InChI=1S/C28H26FN7/c1-20-19-26(36(33-20)23-7-3-2-4-8-23)32-27-28(31-25-10-6-5-9-24(25)30-27)35-17-15-34(16-18-35)22-13-11-21(29)12-14-22/h2-14,19H,15-18H2,1H3,(H,30,32). The van der Waals surface area contributed by atoms with Crippen molar-refractivity contribution in [3.63, 3.8) is 0 Å². The summed E-state index contributed by atoms with van der Waals surface area (Å²) < 4.78 is 15.3. The fourth-order valence-corrected chi connectivity index (χ4v) is 4.60. The third kappa shape index (κ3) is 4.33. The second-order valence-corrected chi connectivity index (χ2v) is 8.88. The van der Waals surface area contributed by atoms with E-state index < -0.39 is 0 Å². The van der Waals surface area contributed by atoms with Gasteiger partial charge in [-0.15, -0.1) is 0 Å². The number of halogens is 1. The van der Waals surface area contributed by atoms with E-state index in [1.165, 1.54) is 12.1 Å². The van der Waals surface area contributed by atoms with Gasteiger partial charge in [0.15, 0.2) is 11.6 Å². The summed E-state index contributed by atoms with van der Waals surface area (Å²) in [6.07, 6.45) is 0. The van der Waals surface area contributed by atoms with Crippen molar-refractivity contribution in [3.05, 3.63) is 96.4 Å². The molecule has 8 heteroatoms. The molecule has 6 rings (SSSR count). The maximum Gasteiger partial charge on any atom is 0.175 e. The van der Waals surface area contributed by atoms with Crippen molar-refractivity contribution in [2.75, 3.05) is 41.3 Å². The molecule has 0 amide bonds. The maximum atomic E-state index is 13.4. The maximum absolute atomic E-state index is 13.4. The van der Waals surface area contributed by atoms with Crippen LogP contribution in [0.4, 0.5) is 27.5 Å². The number of para-hydroxylation sites is 3. The molecular formula is C28H26FN7. The summed E-state index contributed by atoms with van der Waals surface area (Å²) in [6, 6.07) is 26.7. The molecule has 0 spiro atoms. The zero-order valence-electron chi connectivity index (χ0n) is 20.0. The van der Waals surface area contributed by atoms with Crippen LogP contribution in [0.25, 0.3) is 16.7 Å². The Bertz CT molecular complexity index is 1490. The summed E-state index contributed by atoms with van der Waals surface area (Å²) in [7, 11) is 0. The summed E-state index contributed by atoms with van der Waals surface area (Å²) in [5, 5.41) is 8.22. The average Bonchev–Trinajstić information content (AvgIpc) is 3.29. The van der Waals surface area contributed by atoms with Gasteiger partial charge in [-0.1, -0.05) is 30.3 Å². The lowest BCUT2D eigenvalue weighted by molar-refractivity contribution is 0.624. The highest BCUT2D eigenvalue weighted by Crippen LogP contribution is 2.30. The van der Waals surface area contributed by atoms with Gasteiger partial charge in [-0.25, -0.2) is 19.0 Å². The summed E-state index contributed by atoms with van der Waals surface area (Å²) >= 11 is 0. The molecule has 1 aliphatic rings. The lowest BCUT2D eigenvalue weighted by Crippen LogP contribution is -2.47. The second kappa shape index (κ2) is 9.30. The molecule has 7 nitrogen and oxygen atoms in total. The number of piperazine rings is 1. The number of fused-ring (bicyclic) bond motifs is 1. The molecule has 0 radical (unpaired) electrons. The molecule has 180 valence electrons. The number of aromatic nitrogens is 4. The van der Waals surface area contributed by atoms with Crippen LogP contribution >= 0.6 is 0 Å². The Morgan fingerprint density at radius 1 is 0.722 bits per heavy atom. The summed E-state index contributed by atoms with van der Waals surface area (Å²) in [5.74, 6) is 2.12. The van der Waals surface area contributed by atoms with Crippen molar-refractivity contribution in [1.29, 1.82) is 0 Å². The van der Waals surface area contributed by atoms with Gasteiger partial charge in [-0.2, -0.15) is 5.10 Å². The summed E-state index contributed by atoms with van der Waals surface area (Å²) in [6.45, 7) is 5.14. The van der Waals surface area contributed by atoms with Gasteiger partial charge >= 0.3 is 0 Å². The Balaban J connectivity index is 1.33. The first-order valence-corrected chi connectivity index (χ1v) is 12.1. The first kappa shape index (κ1) is 22.0. The summed E-state index contributed by atoms with van der Waals surface area (Å²) in [5.41, 5.74) is 4.59. The van der Waals surface area contributed by atoms with E-state index in [-0.39, 0.29) is 5.82 Å². The van der Waals surface area contributed by atoms with E-state index in [0.29, 0.717) is 5.82 Å². The van der Waals surface area contributed by atoms with Crippen LogP contribution in [0, 0.1) is 12.7 Å². The Morgan fingerprint density at radius 3 is 2.08 bits per heavy atom. The Labute approximate surface area is 208 Å². The topological polar surface area (TPSA) is 62.1 Å². The van der Waals surface area contributed by atoms with Crippen LogP contribution in [-0.4, -0.2) is 45.9 Å². The minimum atomic E-state index is -0.218. The van der Waals surface area contributed by atoms with Gasteiger partial charge in [-0.05, 0) is 55.5 Å². The number of nitrogens with zero attached hydrogens (tertiary/aromatic N) is 6. The monoisotopic (exact) mass is 479 g/mol. The highest BCUT2D eigenvalue weighted by atomic mass is 19.1. The number of nitrogens with one attached hydrogen (secondary N) is 1. The predicted octanol–water partition coefficient (Wildman–Crippen LogP) is 5.33. The van der Waals surface area contributed by atoms with E-state index in [2.05, 4.69) is 15.1 Å². The zero-order chi connectivity index (χ0) is 24.5. The van der Waals surface area contributed by atoms with Gasteiger partial charge in [0.05, 0.1) is 22.4 Å². The van der Waals surface area contributed by atoms with Crippen molar-refractivity contribution in [2.24, 2.45) is 0 Å². The number of hydrogen-bond donors (Lipinski definition) is 1. The normalized spacial score (nSPS) is 13.8. The van der Waals surface area contributed by atoms with E-state index >= 15 is 0 Å². The highest BCUT2D eigenvalue weighted by Gasteiger charge is 2.23. The molecule has 0 unspecified atom stereocenters. The van der Waals surface area contributed by atoms with Crippen molar-refractivity contribution in [2.45, 2.75) is 6.92 Å². The van der Waals surface area contributed by atoms with E-state index in [0.717, 1.165) is 65.9 Å².